The summed E-state index contributed by atoms with van der Waals surface area (Å²) in [4.78, 5) is 13.1. The highest BCUT2D eigenvalue weighted by Crippen LogP contribution is 2.25. The van der Waals surface area contributed by atoms with E-state index in [1.165, 1.54) is 0 Å². The van der Waals surface area contributed by atoms with Gasteiger partial charge in [0.15, 0.2) is 17.0 Å². The van der Waals surface area contributed by atoms with Crippen LogP contribution in [0, 0.1) is 5.92 Å². The molecular formula is C18H29N5O4. The van der Waals surface area contributed by atoms with E-state index < -0.39 is 0 Å². The molecule has 2 aromatic rings. The predicted octanol–water partition coefficient (Wildman–Crippen LogP) is 2.04. The second-order valence-corrected chi connectivity index (χ2v) is 6.65. The molecule has 0 unspecified atom stereocenters. The first-order chi connectivity index (χ1) is 13.2. The minimum absolute atomic E-state index is 0.264. The topological polar surface area (TPSA) is 107 Å². The van der Waals surface area contributed by atoms with Gasteiger partial charge in [0, 0.05) is 19.8 Å². The van der Waals surface area contributed by atoms with E-state index in [1.807, 2.05) is 4.57 Å². The number of imidazole rings is 1. The average molecular weight is 379 g/mol. The Balaban J connectivity index is 1.68. The zero-order chi connectivity index (χ0) is 19.1. The van der Waals surface area contributed by atoms with Crippen molar-refractivity contribution < 1.29 is 18.9 Å². The monoisotopic (exact) mass is 379 g/mol. The SMILES string of the molecule is CCCCOc1nc(N)c2nc(OC)n(CCOCC3CCOCC3)c2n1. The Morgan fingerprint density at radius 2 is 2.00 bits per heavy atom. The van der Waals surface area contributed by atoms with Crippen molar-refractivity contribution >= 4 is 17.0 Å². The van der Waals surface area contributed by atoms with Crippen molar-refractivity contribution in [3.05, 3.63) is 0 Å². The van der Waals surface area contributed by atoms with Gasteiger partial charge in [-0.2, -0.15) is 15.0 Å². The molecule has 0 bridgehead atoms. The lowest BCUT2D eigenvalue weighted by molar-refractivity contribution is 0.0187. The molecule has 2 aromatic heterocycles. The van der Waals surface area contributed by atoms with Crippen LogP contribution in [0.5, 0.6) is 12.0 Å². The smallest absolute Gasteiger partial charge is 0.320 e. The van der Waals surface area contributed by atoms with Crippen molar-refractivity contribution in [1.29, 1.82) is 0 Å². The highest BCUT2D eigenvalue weighted by atomic mass is 16.5. The molecule has 27 heavy (non-hydrogen) atoms. The fourth-order valence-electron chi connectivity index (χ4n) is 3.03. The van der Waals surface area contributed by atoms with Crippen LogP contribution >= 0.6 is 0 Å². The van der Waals surface area contributed by atoms with Crippen molar-refractivity contribution in [2.24, 2.45) is 5.92 Å². The highest BCUT2D eigenvalue weighted by Gasteiger charge is 2.18. The van der Waals surface area contributed by atoms with Crippen LogP contribution < -0.4 is 15.2 Å². The Hall–Kier alpha value is -2.13. The minimum atomic E-state index is 0.264. The Morgan fingerprint density at radius 3 is 2.74 bits per heavy atom. The normalized spacial score (nSPS) is 15.3. The number of nitrogens with two attached hydrogens (primary N) is 1. The molecule has 2 N–H and O–H groups in total. The third-order valence-corrected chi connectivity index (χ3v) is 4.63. The molecule has 0 aliphatic carbocycles. The molecular weight excluding hydrogens is 350 g/mol. The molecule has 3 rings (SSSR count). The van der Waals surface area contributed by atoms with Crippen LogP contribution in [0.2, 0.25) is 0 Å². The quantitative estimate of drug-likeness (QED) is 0.625. The summed E-state index contributed by atoms with van der Waals surface area (Å²) >= 11 is 0. The van der Waals surface area contributed by atoms with Crippen molar-refractivity contribution in [3.63, 3.8) is 0 Å². The summed E-state index contributed by atoms with van der Waals surface area (Å²) in [6, 6.07) is 0.701. The maximum absolute atomic E-state index is 6.04. The van der Waals surface area contributed by atoms with E-state index in [0.29, 0.717) is 42.9 Å². The maximum Gasteiger partial charge on any atom is 0.320 e. The van der Waals surface area contributed by atoms with E-state index in [2.05, 4.69) is 21.9 Å². The highest BCUT2D eigenvalue weighted by molar-refractivity contribution is 5.83. The van der Waals surface area contributed by atoms with Gasteiger partial charge in [-0.15, -0.1) is 0 Å². The number of rotatable bonds is 10. The Bertz CT molecular complexity index is 730. The predicted molar refractivity (Wildman–Crippen MR) is 101 cm³/mol. The minimum Gasteiger partial charge on any atom is -0.468 e. The summed E-state index contributed by atoms with van der Waals surface area (Å²) in [5, 5.41) is 0. The summed E-state index contributed by atoms with van der Waals surface area (Å²) in [6.07, 6.45) is 4.08. The van der Waals surface area contributed by atoms with Crippen molar-refractivity contribution in [2.75, 3.05) is 45.9 Å². The molecule has 1 aliphatic rings. The number of methoxy groups -OCH3 is 1. The van der Waals surface area contributed by atoms with Crippen LogP contribution in [0.25, 0.3) is 11.2 Å². The van der Waals surface area contributed by atoms with E-state index >= 15 is 0 Å². The second-order valence-electron chi connectivity index (χ2n) is 6.65. The number of hydrogen-bond donors (Lipinski definition) is 1. The molecule has 3 heterocycles. The largest absolute Gasteiger partial charge is 0.468 e. The van der Waals surface area contributed by atoms with Gasteiger partial charge in [-0.1, -0.05) is 13.3 Å². The van der Waals surface area contributed by atoms with E-state index in [-0.39, 0.29) is 11.8 Å². The van der Waals surface area contributed by atoms with Gasteiger partial charge in [-0.25, -0.2) is 0 Å². The van der Waals surface area contributed by atoms with Gasteiger partial charge in [0.2, 0.25) is 0 Å². The molecule has 0 saturated carbocycles. The maximum atomic E-state index is 6.04. The van der Waals surface area contributed by atoms with Crippen LogP contribution in [-0.4, -0.2) is 59.7 Å². The molecule has 1 aliphatic heterocycles. The van der Waals surface area contributed by atoms with Gasteiger partial charge >= 0.3 is 6.01 Å². The number of fused-ring (bicyclic) bond motifs is 1. The standard InChI is InChI=1S/C18H29N5O4/c1-3-4-8-27-17-21-15(19)14-16(22-17)23(18(20-14)24-2)7-11-26-12-13-5-9-25-10-6-13/h13H,3-12H2,1-2H3,(H2,19,21,22). The van der Waals surface area contributed by atoms with Crippen LogP contribution in [-0.2, 0) is 16.0 Å². The van der Waals surface area contributed by atoms with Crippen molar-refractivity contribution in [3.8, 4) is 12.0 Å². The van der Waals surface area contributed by atoms with Gasteiger partial charge in [-0.05, 0) is 25.2 Å². The van der Waals surface area contributed by atoms with Crippen LogP contribution in [0.3, 0.4) is 0 Å². The van der Waals surface area contributed by atoms with Gasteiger partial charge in [-0.3, -0.25) is 4.57 Å². The third-order valence-electron chi connectivity index (χ3n) is 4.63. The van der Waals surface area contributed by atoms with Crippen LogP contribution in [0.15, 0.2) is 0 Å². The third kappa shape index (κ3) is 4.98. The van der Waals surface area contributed by atoms with Crippen molar-refractivity contribution in [2.45, 2.75) is 39.2 Å². The van der Waals surface area contributed by atoms with Gasteiger partial charge in [0.05, 0.1) is 26.9 Å². The van der Waals surface area contributed by atoms with E-state index in [0.717, 1.165) is 45.5 Å². The molecule has 0 atom stereocenters. The first-order valence-corrected chi connectivity index (χ1v) is 9.59. The van der Waals surface area contributed by atoms with E-state index in [9.17, 15) is 0 Å². The average Bonchev–Trinajstić information content (AvgIpc) is 3.04. The molecule has 1 saturated heterocycles. The fraction of sp³-hybridized carbons (Fsp3) is 0.722. The lowest BCUT2D eigenvalue weighted by Gasteiger charge is -2.21. The number of unbranched alkanes of at least 4 members (excludes halogenated alkanes) is 1. The number of hydrogen-bond acceptors (Lipinski definition) is 8. The Labute approximate surface area is 159 Å². The summed E-state index contributed by atoms with van der Waals surface area (Å²) in [5.41, 5.74) is 7.16. The number of anilines is 1. The molecule has 0 spiro atoms. The molecule has 0 aromatic carbocycles. The van der Waals surface area contributed by atoms with Gasteiger partial charge in [0.25, 0.3) is 6.01 Å². The zero-order valence-electron chi connectivity index (χ0n) is 16.1. The number of aromatic nitrogens is 4. The first-order valence-electron chi connectivity index (χ1n) is 9.59. The van der Waals surface area contributed by atoms with Gasteiger partial charge in [0.1, 0.15) is 0 Å². The van der Waals surface area contributed by atoms with E-state index in [1.54, 1.807) is 7.11 Å². The zero-order valence-corrected chi connectivity index (χ0v) is 16.1. The van der Waals surface area contributed by atoms with Gasteiger partial charge < -0.3 is 24.7 Å². The Kier molecular flexibility index (Phi) is 7.05. The molecule has 150 valence electrons. The fourth-order valence-corrected chi connectivity index (χ4v) is 3.03. The molecule has 1 fully saturated rings. The number of ether oxygens (including phenoxy) is 4. The number of nitrogen functional groups attached to an aromatic ring is 1. The summed E-state index contributed by atoms with van der Waals surface area (Å²) in [7, 11) is 1.57. The second kappa shape index (κ2) is 9.70. The molecule has 0 radical (unpaired) electrons. The summed E-state index contributed by atoms with van der Waals surface area (Å²) in [5.74, 6) is 0.850. The molecule has 9 nitrogen and oxygen atoms in total. The lowest BCUT2D eigenvalue weighted by Crippen LogP contribution is -2.21. The molecule has 9 heteroatoms. The summed E-state index contributed by atoms with van der Waals surface area (Å²) < 4.78 is 24.1. The van der Waals surface area contributed by atoms with Crippen molar-refractivity contribution in [1.82, 2.24) is 19.5 Å². The summed E-state index contributed by atoms with van der Waals surface area (Å²) in [6.45, 7) is 6.14. The van der Waals surface area contributed by atoms with E-state index in [4.69, 9.17) is 24.7 Å². The Morgan fingerprint density at radius 1 is 1.19 bits per heavy atom. The lowest BCUT2D eigenvalue weighted by atomic mass is 10.0. The first kappa shape index (κ1) is 19.6. The van der Waals surface area contributed by atoms with Crippen LogP contribution in [0.4, 0.5) is 5.82 Å². The van der Waals surface area contributed by atoms with Crippen LogP contribution in [0.1, 0.15) is 32.6 Å². The number of nitrogens with zero attached hydrogens (tertiary/aromatic N) is 4. The molecule has 0 amide bonds.